The van der Waals surface area contributed by atoms with E-state index >= 15 is 0 Å². The van der Waals surface area contributed by atoms with Crippen LogP contribution >= 0.6 is 0 Å². The number of amides is 1. The number of rotatable bonds is 3. The summed E-state index contributed by atoms with van der Waals surface area (Å²) in [6.45, 7) is 5.16. The summed E-state index contributed by atoms with van der Waals surface area (Å²) in [5.41, 5.74) is -0.313. The van der Waals surface area contributed by atoms with Gasteiger partial charge in [-0.05, 0) is 52.0 Å². The van der Waals surface area contributed by atoms with Crippen molar-refractivity contribution >= 4 is 5.91 Å². The second-order valence-electron chi connectivity index (χ2n) is 5.67. The van der Waals surface area contributed by atoms with Crippen molar-refractivity contribution in [1.82, 2.24) is 10.6 Å². The molecule has 2 fully saturated rings. The molecule has 2 aliphatic rings. The first-order valence-electron chi connectivity index (χ1n) is 6.68. The van der Waals surface area contributed by atoms with Gasteiger partial charge in [0.05, 0.1) is 5.54 Å². The van der Waals surface area contributed by atoms with E-state index in [2.05, 4.69) is 17.6 Å². The third kappa shape index (κ3) is 2.40. The fourth-order valence-corrected chi connectivity index (χ4v) is 3.03. The van der Waals surface area contributed by atoms with Gasteiger partial charge in [-0.3, -0.25) is 4.79 Å². The van der Waals surface area contributed by atoms with Gasteiger partial charge in [0.2, 0.25) is 5.91 Å². The van der Waals surface area contributed by atoms with Crippen LogP contribution in [0.4, 0.5) is 0 Å². The minimum absolute atomic E-state index is 0.199. The Bertz CT molecular complexity index is 253. The molecule has 0 aromatic carbocycles. The topological polar surface area (TPSA) is 41.1 Å². The second kappa shape index (κ2) is 4.74. The number of carbonyl (C=O) groups excluding carboxylic acids is 1. The molecule has 3 nitrogen and oxygen atoms in total. The van der Waals surface area contributed by atoms with Crippen LogP contribution in [0.5, 0.6) is 0 Å². The largest absolute Gasteiger partial charge is 0.352 e. The van der Waals surface area contributed by atoms with Crippen LogP contribution in [-0.4, -0.2) is 24.0 Å². The molecular weight excluding hydrogens is 200 g/mol. The first-order chi connectivity index (χ1) is 7.62. The Balaban J connectivity index is 1.86. The van der Waals surface area contributed by atoms with Crippen LogP contribution in [0.1, 0.15) is 52.4 Å². The van der Waals surface area contributed by atoms with Gasteiger partial charge in [-0.25, -0.2) is 0 Å². The van der Waals surface area contributed by atoms with E-state index in [0.29, 0.717) is 12.0 Å². The SMILES string of the molecule is C[C@H](NC(=O)C1(C)CCCN1)C1CCCC1. The molecule has 92 valence electrons. The van der Waals surface area contributed by atoms with Gasteiger partial charge in [-0.1, -0.05) is 12.8 Å². The van der Waals surface area contributed by atoms with Crippen molar-refractivity contribution in [3.8, 4) is 0 Å². The van der Waals surface area contributed by atoms with Crippen molar-refractivity contribution < 1.29 is 4.79 Å². The predicted molar refractivity (Wildman–Crippen MR) is 65.2 cm³/mol. The molecule has 1 heterocycles. The van der Waals surface area contributed by atoms with Crippen LogP contribution in [0.15, 0.2) is 0 Å². The van der Waals surface area contributed by atoms with Crippen LogP contribution < -0.4 is 10.6 Å². The van der Waals surface area contributed by atoms with E-state index in [1.54, 1.807) is 0 Å². The molecule has 0 bridgehead atoms. The van der Waals surface area contributed by atoms with Crippen LogP contribution in [0, 0.1) is 5.92 Å². The quantitative estimate of drug-likeness (QED) is 0.768. The zero-order valence-electron chi connectivity index (χ0n) is 10.5. The molecule has 16 heavy (non-hydrogen) atoms. The van der Waals surface area contributed by atoms with E-state index in [1.165, 1.54) is 25.7 Å². The summed E-state index contributed by atoms with van der Waals surface area (Å²) in [4.78, 5) is 12.2. The monoisotopic (exact) mass is 224 g/mol. The second-order valence-corrected chi connectivity index (χ2v) is 5.67. The Hall–Kier alpha value is -0.570. The minimum atomic E-state index is -0.313. The van der Waals surface area contributed by atoms with Gasteiger partial charge in [-0.2, -0.15) is 0 Å². The molecule has 1 aliphatic heterocycles. The standard InChI is InChI=1S/C13H24N2O/c1-10(11-6-3-4-7-11)15-12(16)13(2)8-5-9-14-13/h10-11,14H,3-9H2,1-2H3,(H,15,16)/t10-,13?/m0/s1. The summed E-state index contributed by atoms with van der Waals surface area (Å²) in [7, 11) is 0. The molecule has 2 N–H and O–H groups in total. The summed E-state index contributed by atoms with van der Waals surface area (Å²) in [6.07, 6.45) is 7.32. The van der Waals surface area contributed by atoms with E-state index < -0.39 is 0 Å². The van der Waals surface area contributed by atoms with Gasteiger partial charge < -0.3 is 10.6 Å². The normalized spacial score (nSPS) is 32.9. The van der Waals surface area contributed by atoms with Crippen LogP contribution in [-0.2, 0) is 4.79 Å². The fraction of sp³-hybridized carbons (Fsp3) is 0.923. The first-order valence-corrected chi connectivity index (χ1v) is 6.68. The number of hydrogen-bond donors (Lipinski definition) is 2. The van der Waals surface area contributed by atoms with E-state index in [-0.39, 0.29) is 11.4 Å². The lowest BCUT2D eigenvalue weighted by Gasteiger charge is -2.28. The average molecular weight is 224 g/mol. The molecule has 1 unspecified atom stereocenters. The molecular formula is C13H24N2O. The summed E-state index contributed by atoms with van der Waals surface area (Å²) in [5.74, 6) is 0.901. The first kappa shape index (κ1) is 11.9. The van der Waals surface area contributed by atoms with Crippen molar-refractivity contribution in [1.29, 1.82) is 0 Å². The molecule has 0 aromatic rings. The Kier molecular flexibility index (Phi) is 3.53. The lowest BCUT2D eigenvalue weighted by molar-refractivity contribution is -0.127. The molecule has 2 rings (SSSR count). The highest BCUT2D eigenvalue weighted by molar-refractivity contribution is 5.86. The molecule has 1 saturated carbocycles. The third-order valence-corrected chi connectivity index (χ3v) is 4.34. The highest BCUT2D eigenvalue weighted by atomic mass is 16.2. The lowest BCUT2D eigenvalue weighted by atomic mass is 9.95. The van der Waals surface area contributed by atoms with Crippen molar-refractivity contribution in [2.45, 2.75) is 64.0 Å². The zero-order valence-corrected chi connectivity index (χ0v) is 10.5. The molecule has 1 amide bonds. The molecule has 3 heteroatoms. The number of nitrogens with one attached hydrogen (secondary N) is 2. The maximum absolute atomic E-state index is 12.2. The van der Waals surface area contributed by atoms with E-state index in [1.807, 2.05) is 6.92 Å². The van der Waals surface area contributed by atoms with Gasteiger partial charge in [0, 0.05) is 6.04 Å². The maximum atomic E-state index is 12.2. The Morgan fingerprint density at radius 2 is 2.06 bits per heavy atom. The van der Waals surface area contributed by atoms with Gasteiger partial charge in [0.15, 0.2) is 0 Å². The smallest absolute Gasteiger partial charge is 0.240 e. The van der Waals surface area contributed by atoms with Crippen LogP contribution in [0.3, 0.4) is 0 Å². The molecule has 0 radical (unpaired) electrons. The lowest BCUT2D eigenvalue weighted by Crippen LogP contribution is -2.54. The molecule has 0 aromatic heterocycles. The van der Waals surface area contributed by atoms with E-state index in [4.69, 9.17) is 0 Å². The number of hydrogen-bond acceptors (Lipinski definition) is 2. The van der Waals surface area contributed by atoms with E-state index in [9.17, 15) is 4.79 Å². The zero-order chi connectivity index (χ0) is 11.6. The highest BCUT2D eigenvalue weighted by Gasteiger charge is 2.37. The minimum Gasteiger partial charge on any atom is -0.352 e. The molecule has 1 saturated heterocycles. The van der Waals surface area contributed by atoms with E-state index in [0.717, 1.165) is 19.4 Å². The van der Waals surface area contributed by atoms with Gasteiger partial charge in [0.25, 0.3) is 0 Å². The third-order valence-electron chi connectivity index (χ3n) is 4.34. The highest BCUT2D eigenvalue weighted by Crippen LogP contribution is 2.28. The molecule has 2 atom stereocenters. The Morgan fingerprint density at radius 1 is 1.38 bits per heavy atom. The van der Waals surface area contributed by atoms with Crippen LogP contribution in [0.25, 0.3) is 0 Å². The fourth-order valence-electron chi connectivity index (χ4n) is 3.03. The van der Waals surface area contributed by atoms with Crippen LogP contribution in [0.2, 0.25) is 0 Å². The van der Waals surface area contributed by atoms with Crippen molar-refractivity contribution in [2.24, 2.45) is 5.92 Å². The predicted octanol–water partition coefficient (Wildman–Crippen LogP) is 1.82. The van der Waals surface area contributed by atoms with Crippen molar-refractivity contribution in [3.05, 3.63) is 0 Å². The Labute approximate surface area is 98.4 Å². The Morgan fingerprint density at radius 3 is 2.62 bits per heavy atom. The van der Waals surface area contributed by atoms with Gasteiger partial charge in [0.1, 0.15) is 0 Å². The van der Waals surface area contributed by atoms with Crippen molar-refractivity contribution in [3.63, 3.8) is 0 Å². The summed E-state index contributed by atoms with van der Waals surface area (Å²) in [6, 6.07) is 0.342. The summed E-state index contributed by atoms with van der Waals surface area (Å²) < 4.78 is 0. The van der Waals surface area contributed by atoms with Gasteiger partial charge in [-0.15, -0.1) is 0 Å². The number of carbonyl (C=O) groups is 1. The van der Waals surface area contributed by atoms with Crippen molar-refractivity contribution in [2.75, 3.05) is 6.54 Å². The molecule has 1 aliphatic carbocycles. The average Bonchev–Trinajstić information content (AvgIpc) is 2.88. The summed E-state index contributed by atoms with van der Waals surface area (Å²) >= 11 is 0. The maximum Gasteiger partial charge on any atom is 0.240 e. The summed E-state index contributed by atoms with van der Waals surface area (Å²) in [5, 5.41) is 6.52. The van der Waals surface area contributed by atoms with Gasteiger partial charge >= 0.3 is 0 Å². The molecule has 0 spiro atoms.